The molecule has 172 valence electrons. The smallest absolute Gasteiger partial charge is 0.262 e. The zero-order chi connectivity index (χ0) is 22.6. The average molecular weight is 438 g/mol. The zero-order valence-electron chi connectivity index (χ0n) is 19.1. The summed E-state index contributed by atoms with van der Waals surface area (Å²) in [5.41, 5.74) is 1.85. The monoisotopic (exact) mass is 437 g/mol. The lowest BCUT2D eigenvalue weighted by atomic mass is 10.1. The van der Waals surface area contributed by atoms with Crippen molar-refractivity contribution in [1.29, 1.82) is 0 Å². The van der Waals surface area contributed by atoms with Crippen LogP contribution in [0.2, 0.25) is 0 Å². The summed E-state index contributed by atoms with van der Waals surface area (Å²) in [6.45, 7) is 5.37. The van der Waals surface area contributed by atoms with E-state index in [2.05, 4.69) is 17.1 Å². The molecule has 6 heteroatoms. The van der Waals surface area contributed by atoms with Gasteiger partial charge in [0, 0.05) is 44.0 Å². The van der Waals surface area contributed by atoms with Crippen LogP contribution >= 0.6 is 0 Å². The number of nitrogens with one attached hydrogen (secondary N) is 1. The Bertz CT molecular complexity index is 831. The summed E-state index contributed by atoms with van der Waals surface area (Å²) in [5, 5.41) is 2.86. The molecule has 3 rings (SSSR count). The van der Waals surface area contributed by atoms with E-state index in [9.17, 15) is 9.59 Å². The molecule has 0 aliphatic carbocycles. The molecule has 2 aromatic rings. The van der Waals surface area contributed by atoms with Crippen molar-refractivity contribution < 1.29 is 14.3 Å². The first-order chi connectivity index (χ1) is 15.7. The van der Waals surface area contributed by atoms with Crippen molar-refractivity contribution in [1.82, 2.24) is 4.90 Å². The minimum absolute atomic E-state index is 0.0274. The number of anilines is 2. The molecule has 1 aliphatic rings. The quantitative estimate of drug-likeness (QED) is 0.517. The van der Waals surface area contributed by atoms with Crippen LogP contribution in [-0.2, 0) is 9.59 Å². The SMILES string of the molecule is CCCCCCCC(=O)N1CCN(c2ccc(NC(=O)COc3ccccc3)cc2)CC1. The molecule has 2 aromatic carbocycles. The maximum Gasteiger partial charge on any atom is 0.262 e. The topological polar surface area (TPSA) is 61.9 Å². The molecule has 0 radical (unpaired) electrons. The number of benzene rings is 2. The van der Waals surface area contributed by atoms with Crippen LogP contribution in [-0.4, -0.2) is 49.5 Å². The van der Waals surface area contributed by atoms with Gasteiger partial charge >= 0.3 is 0 Å². The van der Waals surface area contributed by atoms with Gasteiger partial charge in [0.05, 0.1) is 0 Å². The molecule has 1 fully saturated rings. The van der Waals surface area contributed by atoms with E-state index in [1.807, 2.05) is 59.5 Å². The van der Waals surface area contributed by atoms with Crippen molar-refractivity contribution >= 4 is 23.2 Å². The van der Waals surface area contributed by atoms with Crippen LogP contribution in [0.25, 0.3) is 0 Å². The second-order valence-electron chi connectivity index (χ2n) is 8.23. The largest absolute Gasteiger partial charge is 0.484 e. The van der Waals surface area contributed by atoms with Crippen LogP contribution in [0.15, 0.2) is 54.6 Å². The van der Waals surface area contributed by atoms with Gasteiger partial charge in [-0.05, 0) is 42.8 Å². The van der Waals surface area contributed by atoms with E-state index >= 15 is 0 Å². The van der Waals surface area contributed by atoms with Crippen molar-refractivity contribution in [3.8, 4) is 5.75 Å². The summed E-state index contributed by atoms with van der Waals surface area (Å²) < 4.78 is 5.48. The Hall–Kier alpha value is -3.02. The molecular formula is C26H35N3O3. The van der Waals surface area contributed by atoms with Crippen LogP contribution in [0.4, 0.5) is 11.4 Å². The number of nitrogens with zero attached hydrogens (tertiary/aromatic N) is 2. The second-order valence-corrected chi connectivity index (χ2v) is 8.23. The molecular weight excluding hydrogens is 402 g/mol. The van der Waals surface area contributed by atoms with Crippen LogP contribution in [0.3, 0.4) is 0 Å². The van der Waals surface area contributed by atoms with Crippen molar-refractivity contribution in [2.24, 2.45) is 0 Å². The molecule has 0 unspecified atom stereocenters. The molecule has 0 spiro atoms. The van der Waals surface area contributed by atoms with Gasteiger partial charge in [-0.3, -0.25) is 9.59 Å². The van der Waals surface area contributed by atoms with Crippen molar-refractivity contribution in [2.75, 3.05) is 43.0 Å². The molecule has 0 atom stereocenters. The van der Waals surface area contributed by atoms with E-state index in [1.165, 1.54) is 19.3 Å². The predicted molar refractivity (Wildman–Crippen MR) is 129 cm³/mol. The van der Waals surface area contributed by atoms with E-state index < -0.39 is 0 Å². The third kappa shape index (κ3) is 7.59. The minimum Gasteiger partial charge on any atom is -0.484 e. The molecule has 1 saturated heterocycles. The molecule has 32 heavy (non-hydrogen) atoms. The second kappa shape index (κ2) is 12.7. The standard InChI is InChI=1S/C26H35N3O3/c1-2-3-4-5-9-12-26(31)29-19-17-28(18-20-29)23-15-13-22(14-16-23)27-25(30)21-32-24-10-7-6-8-11-24/h6-8,10-11,13-16H,2-5,9,12,17-21H2,1H3,(H,27,30). The average Bonchev–Trinajstić information content (AvgIpc) is 2.84. The zero-order valence-corrected chi connectivity index (χ0v) is 19.1. The number of unbranched alkanes of at least 4 members (excludes halogenated alkanes) is 4. The molecule has 1 N–H and O–H groups in total. The van der Waals surface area contributed by atoms with Crippen LogP contribution in [0.1, 0.15) is 45.4 Å². The Labute approximate surface area is 191 Å². The normalized spacial score (nSPS) is 13.7. The fourth-order valence-corrected chi connectivity index (χ4v) is 3.87. The van der Waals surface area contributed by atoms with Gasteiger partial charge in [-0.1, -0.05) is 50.8 Å². The molecule has 1 heterocycles. The number of rotatable bonds is 11. The van der Waals surface area contributed by atoms with Gasteiger partial charge in [-0.25, -0.2) is 0 Å². The van der Waals surface area contributed by atoms with E-state index in [1.54, 1.807) is 0 Å². The lowest BCUT2D eigenvalue weighted by molar-refractivity contribution is -0.131. The number of amides is 2. The fraction of sp³-hybridized carbons (Fsp3) is 0.462. The van der Waals surface area contributed by atoms with E-state index in [0.29, 0.717) is 12.2 Å². The number of hydrogen-bond acceptors (Lipinski definition) is 4. The van der Waals surface area contributed by atoms with Crippen molar-refractivity contribution in [2.45, 2.75) is 45.4 Å². The first kappa shape index (κ1) is 23.6. The Kier molecular flexibility index (Phi) is 9.41. The van der Waals surface area contributed by atoms with Crippen molar-refractivity contribution in [3.63, 3.8) is 0 Å². The van der Waals surface area contributed by atoms with Gasteiger partial charge in [0.15, 0.2) is 6.61 Å². The Morgan fingerprint density at radius 2 is 1.56 bits per heavy atom. The number of carbonyl (C=O) groups is 2. The maximum absolute atomic E-state index is 12.4. The highest BCUT2D eigenvalue weighted by molar-refractivity contribution is 5.92. The van der Waals surface area contributed by atoms with Gasteiger partial charge in [-0.15, -0.1) is 0 Å². The number of piperazine rings is 1. The van der Waals surface area contributed by atoms with Crippen LogP contribution < -0.4 is 15.0 Å². The molecule has 6 nitrogen and oxygen atoms in total. The number of hydrogen-bond donors (Lipinski definition) is 1. The summed E-state index contributed by atoms with van der Waals surface area (Å²) in [6.07, 6.45) is 6.55. The highest BCUT2D eigenvalue weighted by Crippen LogP contribution is 2.20. The summed E-state index contributed by atoms with van der Waals surface area (Å²) >= 11 is 0. The van der Waals surface area contributed by atoms with Gasteiger partial charge < -0.3 is 19.9 Å². The fourth-order valence-electron chi connectivity index (χ4n) is 3.87. The third-order valence-electron chi connectivity index (χ3n) is 5.76. The number of para-hydroxylation sites is 1. The van der Waals surface area contributed by atoms with Gasteiger partial charge in [0.25, 0.3) is 5.91 Å². The summed E-state index contributed by atoms with van der Waals surface area (Å²) in [5.74, 6) is 0.771. The molecule has 1 aliphatic heterocycles. The minimum atomic E-state index is -0.191. The molecule has 0 saturated carbocycles. The molecule has 0 aromatic heterocycles. The summed E-state index contributed by atoms with van der Waals surface area (Å²) in [6, 6.07) is 17.1. The number of ether oxygens (including phenoxy) is 1. The Morgan fingerprint density at radius 1 is 0.875 bits per heavy atom. The summed E-state index contributed by atoms with van der Waals surface area (Å²) in [4.78, 5) is 28.8. The lowest BCUT2D eigenvalue weighted by Gasteiger charge is -2.36. The molecule has 2 amide bonds. The van der Waals surface area contributed by atoms with E-state index in [0.717, 1.165) is 50.4 Å². The lowest BCUT2D eigenvalue weighted by Crippen LogP contribution is -2.48. The molecule has 0 bridgehead atoms. The highest BCUT2D eigenvalue weighted by Gasteiger charge is 2.20. The van der Waals surface area contributed by atoms with E-state index in [4.69, 9.17) is 4.74 Å². The van der Waals surface area contributed by atoms with Crippen LogP contribution in [0, 0.1) is 0 Å². The highest BCUT2D eigenvalue weighted by atomic mass is 16.5. The Balaban J connectivity index is 1.38. The van der Waals surface area contributed by atoms with Crippen LogP contribution in [0.5, 0.6) is 5.75 Å². The predicted octanol–water partition coefficient (Wildman–Crippen LogP) is 4.71. The Morgan fingerprint density at radius 3 is 2.25 bits per heavy atom. The van der Waals surface area contributed by atoms with Gasteiger partial charge in [-0.2, -0.15) is 0 Å². The van der Waals surface area contributed by atoms with Gasteiger partial charge in [0.2, 0.25) is 5.91 Å². The van der Waals surface area contributed by atoms with E-state index in [-0.39, 0.29) is 18.4 Å². The number of carbonyl (C=O) groups excluding carboxylic acids is 2. The first-order valence-electron chi connectivity index (χ1n) is 11.8. The third-order valence-corrected chi connectivity index (χ3v) is 5.76. The van der Waals surface area contributed by atoms with Crippen molar-refractivity contribution in [3.05, 3.63) is 54.6 Å². The maximum atomic E-state index is 12.4. The van der Waals surface area contributed by atoms with Gasteiger partial charge in [0.1, 0.15) is 5.75 Å². The summed E-state index contributed by atoms with van der Waals surface area (Å²) in [7, 11) is 0. The first-order valence-corrected chi connectivity index (χ1v) is 11.8.